The number of aliphatic hydroxyl groups is 2. The van der Waals surface area contributed by atoms with E-state index < -0.39 is 23.5 Å². The molecule has 1 atom stereocenters. The number of allylic oxidation sites excluding steroid dienone is 1. The SMILES string of the molecule is C=C(C)C(=O)OC(C)(OC(=O)/C(C)=C/CCCC)C(O)(O)CC. The van der Waals surface area contributed by atoms with Gasteiger partial charge in [-0.2, -0.15) is 0 Å². The Morgan fingerprint density at radius 3 is 2.09 bits per heavy atom. The number of carbonyl (C=O) groups is 2. The molecular weight excluding hydrogens is 300 g/mol. The summed E-state index contributed by atoms with van der Waals surface area (Å²) >= 11 is 0. The zero-order chi connectivity index (χ0) is 18.3. The van der Waals surface area contributed by atoms with Crippen LogP contribution in [0.15, 0.2) is 23.8 Å². The van der Waals surface area contributed by atoms with E-state index in [9.17, 15) is 19.8 Å². The molecule has 23 heavy (non-hydrogen) atoms. The van der Waals surface area contributed by atoms with Crippen LogP contribution in [0.3, 0.4) is 0 Å². The van der Waals surface area contributed by atoms with Crippen LogP contribution in [0.4, 0.5) is 0 Å². The Morgan fingerprint density at radius 1 is 1.13 bits per heavy atom. The molecule has 0 saturated heterocycles. The van der Waals surface area contributed by atoms with E-state index in [1.54, 1.807) is 13.0 Å². The molecule has 0 rings (SSSR count). The summed E-state index contributed by atoms with van der Waals surface area (Å²) in [6.07, 6.45) is 4.11. The first-order chi connectivity index (χ1) is 10.5. The molecule has 0 saturated carbocycles. The summed E-state index contributed by atoms with van der Waals surface area (Å²) in [6.45, 7) is 11.0. The largest absolute Gasteiger partial charge is 0.414 e. The molecule has 0 aromatic carbocycles. The van der Waals surface area contributed by atoms with Gasteiger partial charge >= 0.3 is 17.7 Å². The van der Waals surface area contributed by atoms with E-state index in [1.807, 2.05) is 6.92 Å². The van der Waals surface area contributed by atoms with Crippen LogP contribution >= 0.6 is 0 Å². The summed E-state index contributed by atoms with van der Waals surface area (Å²) in [6, 6.07) is 0. The monoisotopic (exact) mass is 328 g/mol. The van der Waals surface area contributed by atoms with Crippen LogP contribution in [0, 0.1) is 0 Å². The van der Waals surface area contributed by atoms with Gasteiger partial charge in [-0.25, -0.2) is 9.59 Å². The molecule has 0 aliphatic heterocycles. The van der Waals surface area contributed by atoms with Crippen molar-refractivity contribution in [3.8, 4) is 0 Å². The fourth-order valence-corrected chi connectivity index (χ4v) is 1.63. The zero-order valence-electron chi connectivity index (χ0n) is 14.6. The van der Waals surface area contributed by atoms with Crippen LogP contribution in [0.25, 0.3) is 0 Å². The first kappa shape index (κ1) is 21.3. The first-order valence-corrected chi connectivity index (χ1v) is 7.74. The number of hydrogen-bond donors (Lipinski definition) is 2. The summed E-state index contributed by atoms with van der Waals surface area (Å²) < 4.78 is 10.1. The molecule has 0 amide bonds. The molecule has 0 aliphatic carbocycles. The minimum absolute atomic E-state index is 0.0504. The Kier molecular flexibility index (Phi) is 8.20. The standard InChI is InChI=1S/C17H28O6/c1-7-9-10-11-13(5)15(19)23-16(6,17(20,21)8-2)22-14(18)12(3)4/h11,20-21H,3,7-10H2,1-2,4-6H3/b13-11+. The number of ether oxygens (including phenoxy) is 2. The minimum Gasteiger partial charge on any atom is -0.414 e. The second-order valence-electron chi connectivity index (χ2n) is 5.70. The predicted molar refractivity (Wildman–Crippen MR) is 86.1 cm³/mol. The van der Waals surface area contributed by atoms with Gasteiger partial charge in [0.05, 0.1) is 0 Å². The second kappa shape index (κ2) is 8.84. The quantitative estimate of drug-likeness (QED) is 0.292. The smallest absolute Gasteiger partial charge is 0.336 e. The Morgan fingerprint density at radius 2 is 1.65 bits per heavy atom. The second-order valence-corrected chi connectivity index (χ2v) is 5.70. The Labute approximate surface area is 137 Å². The van der Waals surface area contributed by atoms with Crippen LogP contribution in [-0.4, -0.2) is 33.7 Å². The van der Waals surface area contributed by atoms with Gasteiger partial charge in [0.15, 0.2) is 0 Å². The van der Waals surface area contributed by atoms with Crippen molar-refractivity contribution in [2.75, 3.05) is 0 Å². The van der Waals surface area contributed by atoms with Gasteiger partial charge in [0.2, 0.25) is 5.79 Å². The molecule has 1 unspecified atom stereocenters. The summed E-state index contributed by atoms with van der Waals surface area (Å²) in [7, 11) is 0. The lowest BCUT2D eigenvalue weighted by Gasteiger charge is -2.38. The number of rotatable bonds is 9. The molecule has 0 fully saturated rings. The average Bonchev–Trinajstić information content (AvgIpc) is 2.46. The number of esters is 2. The fraction of sp³-hybridized carbons (Fsp3) is 0.647. The first-order valence-electron chi connectivity index (χ1n) is 7.74. The van der Waals surface area contributed by atoms with Crippen molar-refractivity contribution in [3.63, 3.8) is 0 Å². The third kappa shape index (κ3) is 6.15. The van der Waals surface area contributed by atoms with E-state index in [1.165, 1.54) is 13.8 Å². The lowest BCUT2D eigenvalue weighted by atomic mass is 10.0. The van der Waals surface area contributed by atoms with Gasteiger partial charge < -0.3 is 19.7 Å². The third-order valence-electron chi connectivity index (χ3n) is 3.47. The van der Waals surface area contributed by atoms with Crippen LogP contribution in [-0.2, 0) is 19.1 Å². The summed E-state index contributed by atoms with van der Waals surface area (Å²) in [4.78, 5) is 23.9. The lowest BCUT2D eigenvalue weighted by Crippen LogP contribution is -2.57. The predicted octanol–water partition coefficient (Wildman–Crippen LogP) is 2.59. The molecule has 2 N–H and O–H groups in total. The highest BCUT2D eigenvalue weighted by atomic mass is 16.8. The number of hydrogen-bond acceptors (Lipinski definition) is 6. The minimum atomic E-state index is -2.53. The molecule has 0 aliphatic rings. The van der Waals surface area contributed by atoms with Gasteiger partial charge in [0.1, 0.15) is 0 Å². The van der Waals surface area contributed by atoms with Gasteiger partial charge in [0.25, 0.3) is 0 Å². The van der Waals surface area contributed by atoms with E-state index in [2.05, 4.69) is 6.58 Å². The van der Waals surface area contributed by atoms with E-state index in [4.69, 9.17) is 9.47 Å². The van der Waals surface area contributed by atoms with Gasteiger partial charge in [-0.05, 0) is 20.3 Å². The summed E-state index contributed by atoms with van der Waals surface area (Å²) in [5, 5.41) is 20.1. The Bertz CT molecular complexity index is 477. The maximum absolute atomic E-state index is 12.1. The van der Waals surface area contributed by atoms with E-state index in [0.29, 0.717) is 12.0 Å². The molecule has 0 radical (unpaired) electrons. The molecular formula is C17H28O6. The van der Waals surface area contributed by atoms with Gasteiger partial charge in [0, 0.05) is 24.5 Å². The number of unbranched alkanes of at least 4 members (excludes halogenated alkanes) is 2. The summed E-state index contributed by atoms with van der Waals surface area (Å²) in [5.41, 5.74) is 0.359. The van der Waals surface area contributed by atoms with Gasteiger partial charge in [-0.1, -0.05) is 39.3 Å². The molecule has 6 nitrogen and oxygen atoms in total. The van der Waals surface area contributed by atoms with E-state index >= 15 is 0 Å². The topological polar surface area (TPSA) is 93.1 Å². The maximum atomic E-state index is 12.1. The molecule has 0 aromatic rings. The third-order valence-corrected chi connectivity index (χ3v) is 3.47. The highest BCUT2D eigenvalue weighted by Crippen LogP contribution is 2.30. The normalized spacial score (nSPS) is 14.8. The fourth-order valence-electron chi connectivity index (χ4n) is 1.63. The molecule has 0 bridgehead atoms. The zero-order valence-corrected chi connectivity index (χ0v) is 14.6. The molecule has 132 valence electrons. The molecule has 6 heteroatoms. The number of carbonyl (C=O) groups excluding carboxylic acids is 2. The lowest BCUT2D eigenvalue weighted by molar-refractivity contribution is -0.352. The Hall–Kier alpha value is -1.66. The van der Waals surface area contributed by atoms with Crippen LogP contribution in [0.1, 0.15) is 60.3 Å². The maximum Gasteiger partial charge on any atom is 0.336 e. The van der Waals surface area contributed by atoms with Crippen molar-refractivity contribution in [2.24, 2.45) is 0 Å². The molecule has 0 spiro atoms. The van der Waals surface area contributed by atoms with Crippen LogP contribution in [0.2, 0.25) is 0 Å². The van der Waals surface area contributed by atoms with Crippen molar-refractivity contribution in [1.29, 1.82) is 0 Å². The Balaban J connectivity index is 5.32. The van der Waals surface area contributed by atoms with Gasteiger partial charge in [-0.3, -0.25) is 0 Å². The van der Waals surface area contributed by atoms with Crippen molar-refractivity contribution in [1.82, 2.24) is 0 Å². The van der Waals surface area contributed by atoms with Crippen molar-refractivity contribution in [3.05, 3.63) is 23.8 Å². The average molecular weight is 328 g/mol. The van der Waals surface area contributed by atoms with Crippen molar-refractivity contribution in [2.45, 2.75) is 71.9 Å². The van der Waals surface area contributed by atoms with Crippen LogP contribution < -0.4 is 0 Å². The molecule has 0 heterocycles. The van der Waals surface area contributed by atoms with Gasteiger partial charge in [-0.15, -0.1) is 0 Å². The highest BCUT2D eigenvalue weighted by Gasteiger charge is 2.52. The van der Waals surface area contributed by atoms with Crippen LogP contribution in [0.5, 0.6) is 0 Å². The summed E-state index contributed by atoms with van der Waals surface area (Å²) in [5.74, 6) is -6.43. The van der Waals surface area contributed by atoms with E-state index in [-0.39, 0.29) is 12.0 Å². The highest BCUT2D eigenvalue weighted by molar-refractivity contribution is 5.89. The molecule has 0 aromatic heterocycles. The van der Waals surface area contributed by atoms with E-state index in [0.717, 1.165) is 19.8 Å². The van der Waals surface area contributed by atoms with Crippen molar-refractivity contribution >= 4 is 11.9 Å². The van der Waals surface area contributed by atoms with Crippen molar-refractivity contribution < 1.29 is 29.3 Å².